The number of aryl methyl sites for hydroxylation is 1. The summed E-state index contributed by atoms with van der Waals surface area (Å²) >= 11 is 4.46. The Morgan fingerprint density at radius 3 is 2.44 bits per heavy atom. The van der Waals surface area contributed by atoms with Gasteiger partial charge in [-0.2, -0.15) is 15.0 Å². The first-order valence-electron chi connectivity index (χ1n) is 13.6. The van der Waals surface area contributed by atoms with Crippen LogP contribution in [0.3, 0.4) is 0 Å². The summed E-state index contributed by atoms with van der Waals surface area (Å²) in [7, 11) is 1.67. The van der Waals surface area contributed by atoms with Crippen molar-refractivity contribution in [2.45, 2.75) is 33.3 Å². The van der Waals surface area contributed by atoms with E-state index in [2.05, 4.69) is 65.1 Å². The second-order valence-corrected chi connectivity index (χ2v) is 12.6. The number of rotatable bonds is 8. The van der Waals surface area contributed by atoms with Gasteiger partial charge < -0.3 is 9.47 Å². The number of fused-ring (bicyclic) bond motifs is 1. The van der Waals surface area contributed by atoms with Crippen LogP contribution in [-0.2, 0) is 6.61 Å². The molecule has 0 aliphatic heterocycles. The Bertz CT molecular complexity index is 1950. The number of nitrogens with zero attached hydrogens (tertiary/aromatic N) is 4. The maximum absolute atomic E-state index is 13.8. The summed E-state index contributed by atoms with van der Waals surface area (Å²) in [6.45, 7) is 6.48. The fraction of sp³-hybridized carbons (Fsp3) is 0.176. The van der Waals surface area contributed by atoms with Gasteiger partial charge >= 0.3 is 0 Å². The Kier molecular flexibility index (Phi) is 9.46. The second kappa shape index (κ2) is 13.3. The predicted molar refractivity (Wildman–Crippen MR) is 187 cm³/mol. The summed E-state index contributed by atoms with van der Waals surface area (Å²) in [5.41, 5.74) is 5.35. The van der Waals surface area contributed by atoms with Gasteiger partial charge in [0, 0.05) is 11.1 Å². The third kappa shape index (κ3) is 6.45. The van der Waals surface area contributed by atoms with E-state index in [1.807, 2.05) is 67.6 Å². The largest absolute Gasteiger partial charge is 0.496 e. The van der Waals surface area contributed by atoms with E-state index in [9.17, 15) is 10.1 Å². The highest BCUT2D eigenvalue weighted by Gasteiger charge is 2.18. The highest BCUT2D eigenvalue weighted by molar-refractivity contribution is 14.1. The summed E-state index contributed by atoms with van der Waals surface area (Å²) < 4.78 is 14.9. The molecule has 5 rings (SSSR count). The number of halogens is 2. The molecule has 0 atom stereocenters. The minimum Gasteiger partial charge on any atom is -0.496 e. The van der Waals surface area contributed by atoms with Crippen LogP contribution < -0.4 is 15.0 Å². The molecule has 0 saturated carbocycles. The van der Waals surface area contributed by atoms with Crippen LogP contribution in [0.1, 0.15) is 47.6 Å². The van der Waals surface area contributed by atoms with Gasteiger partial charge in [0.25, 0.3) is 5.56 Å². The zero-order valence-electron chi connectivity index (χ0n) is 24.1. The molecule has 0 amide bonds. The van der Waals surface area contributed by atoms with Crippen LogP contribution in [0.25, 0.3) is 22.3 Å². The van der Waals surface area contributed by atoms with E-state index in [0.717, 1.165) is 46.5 Å². The first-order chi connectivity index (χ1) is 20.7. The van der Waals surface area contributed by atoms with Crippen LogP contribution in [0.2, 0.25) is 0 Å². The maximum Gasteiger partial charge on any atom is 0.282 e. The van der Waals surface area contributed by atoms with Gasteiger partial charge in [-0.15, -0.1) is 0 Å². The normalized spacial score (nSPS) is 11.3. The summed E-state index contributed by atoms with van der Waals surface area (Å²) in [6, 6.07) is 24.9. The third-order valence-electron chi connectivity index (χ3n) is 7.05. The topological polar surface area (TPSA) is 89.5 Å². The molecule has 0 aliphatic rings. The molecule has 0 aliphatic carbocycles. The van der Waals surface area contributed by atoms with Crippen LogP contribution in [0.4, 0.5) is 0 Å². The van der Waals surface area contributed by atoms with Crippen molar-refractivity contribution in [3.05, 3.63) is 118 Å². The second-order valence-electron chi connectivity index (χ2n) is 10.2. The standard InChI is InChI=1S/C34H28I2N4O3/c1-20(2)26-16-27(21(3)13-31(26)42-4)33-39-30-12-8-7-11-25(30)34(41)40(33)38-18-22-14-28(35)32(29(36)15-22)43-19-24-10-6-5-9-23(24)17-37/h5-16,18,20H,19H2,1-4H3. The van der Waals surface area contributed by atoms with Crippen molar-refractivity contribution in [1.29, 1.82) is 5.26 Å². The highest BCUT2D eigenvalue weighted by atomic mass is 127. The molecule has 216 valence electrons. The minimum atomic E-state index is -0.251. The summed E-state index contributed by atoms with van der Waals surface area (Å²) in [5.74, 6) is 2.20. The predicted octanol–water partition coefficient (Wildman–Crippen LogP) is 8.05. The van der Waals surface area contributed by atoms with Gasteiger partial charge in [-0.25, -0.2) is 4.98 Å². The zero-order chi connectivity index (χ0) is 30.7. The van der Waals surface area contributed by atoms with Crippen LogP contribution >= 0.6 is 45.2 Å². The molecule has 0 unspecified atom stereocenters. The lowest BCUT2D eigenvalue weighted by Gasteiger charge is -2.17. The fourth-order valence-electron chi connectivity index (χ4n) is 4.79. The smallest absolute Gasteiger partial charge is 0.282 e. The van der Waals surface area contributed by atoms with Crippen molar-refractivity contribution in [3.63, 3.8) is 0 Å². The Balaban J connectivity index is 1.57. The lowest BCUT2D eigenvalue weighted by atomic mass is 9.96. The van der Waals surface area contributed by atoms with E-state index in [1.165, 1.54) is 4.68 Å². The molecule has 7 nitrogen and oxygen atoms in total. The summed E-state index contributed by atoms with van der Waals surface area (Å²) in [6.07, 6.45) is 1.67. The van der Waals surface area contributed by atoms with E-state index in [-0.39, 0.29) is 18.1 Å². The first kappa shape index (κ1) is 30.7. The third-order valence-corrected chi connectivity index (χ3v) is 8.65. The van der Waals surface area contributed by atoms with Gasteiger partial charge in [-0.3, -0.25) is 4.79 Å². The molecule has 0 fully saturated rings. The Hall–Kier alpha value is -3.76. The lowest BCUT2D eigenvalue weighted by Crippen LogP contribution is -2.21. The molecule has 43 heavy (non-hydrogen) atoms. The Labute approximate surface area is 277 Å². The van der Waals surface area contributed by atoms with Gasteiger partial charge in [0.1, 0.15) is 18.1 Å². The number of benzene rings is 4. The highest BCUT2D eigenvalue weighted by Crippen LogP contribution is 2.34. The fourth-order valence-corrected chi connectivity index (χ4v) is 6.92. The van der Waals surface area contributed by atoms with Crippen molar-refractivity contribution >= 4 is 62.3 Å². The summed E-state index contributed by atoms with van der Waals surface area (Å²) in [4.78, 5) is 18.7. The molecule has 5 aromatic rings. The van der Waals surface area contributed by atoms with E-state index >= 15 is 0 Å². The molecule has 0 spiro atoms. The van der Waals surface area contributed by atoms with Gasteiger partial charge in [0.2, 0.25) is 0 Å². The molecule has 0 N–H and O–H groups in total. The molecule has 4 aromatic carbocycles. The molecular formula is C34H28I2N4O3. The van der Waals surface area contributed by atoms with Gasteiger partial charge in [0.15, 0.2) is 5.82 Å². The number of methoxy groups -OCH3 is 1. The number of hydrogen-bond donors (Lipinski definition) is 0. The average molecular weight is 794 g/mol. The Morgan fingerprint density at radius 2 is 1.74 bits per heavy atom. The van der Waals surface area contributed by atoms with E-state index in [4.69, 9.17) is 19.6 Å². The van der Waals surface area contributed by atoms with Gasteiger partial charge in [0.05, 0.1) is 43.0 Å². The number of ether oxygens (including phenoxy) is 2. The van der Waals surface area contributed by atoms with Crippen LogP contribution in [0, 0.1) is 25.4 Å². The van der Waals surface area contributed by atoms with Gasteiger partial charge in [-0.05, 0) is 117 Å². The van der Waals surface area contributed by atoms with E-state index in [0.29, 0.717) is 22.3 Å². The molecule has 0 bridgehead atoms. The van der Waals surface area contributed by atoms with Crippen molar-refractivity contribution < 1.29 is 9.47 Å². The van der Waals surface area contributed by atoms with E-state index in [1.54, 1.807) is 25.5 Å². The van der Waals surface area contributed by atoms with Crippen molar-refractivity contribution in [2.75, 3.05) is 7.11 Å². The molecule has 0 radical (unpaired) electrons. The molecule has 1 heterocycles. The van der Waals surface area contributed by atoms with Crippen molar-refractivity contribution in [1.82, 2.24) is 9.66 Å². The van der Waals surface area contributed by atoms with Crippen LogP contribution in [0.5, 0.6) is 11.5 Å². The van der Waals surface area contributed by atoms with Crippen LogP contribution in [0.15, 0.2) is 82.7 Å². The summed E-state index contributed by atoms with van der Waals surface area (Å²) in [5, 5.41) is 14.6. The zero-order valence-corrected chi connectivity index (χ0v) is 28.4. The lowest BCUT2D eigenvalue weighted by molar-refractivity contribution is 0.301. The number of nitriles is 1. The first-order valence-corrected chi connectivity index (χ1v) is 15.7. The number of hydrogen-bond acceptors (Lipinski definition) is 6. The SMILES string of the molecule is COc1cc(C)c(-c2nc3ccccc3c(=O)n2N=Cc2cc(I)c(OCc3ccccc3C#N)c(I)c2)cc1C(C)C. The van der Waals surface area contributed by atoms with Crippen molar-refractivity contribution in [3.8, 4) is 29.0 Å². The average Bonchev–Trinajstić information content (AvgIpc) is 3.00. The van der Waals surface area contributed by atoms with Crippen LogP contribution in [-0.4, -0.2) is 23.0 Å². The van der Waals surface area contributed by atoms with E-state index < -0.39 is 0 Å². The molecule has 9 heteroatoms. The molecule has 1 aromatic heterocycles. The monoisotopic (exact) mass is 794 g/mol. The minimum absolute atomic E-state index is 0.205. The Morgan fingerprint density at radius 1 is 1.05 bits per heavy atom. The van der Waals surface area contributed by atoms with Crippen molar-refractivity contribution in [2.24, 2.45) is 5.10 Å². The molecule has 0 saturated heterocycles. The quantitative estimate of drug-likeness (QED) is 0.117. The molecular weight excluding hydrogens is 766 g/mol. The van der Waals surface area contributed by atoms with Gasteiger partial charge in [-0.1, -0.05) is 44.2 Å². The maximum atomic E-state index is 13.8. The number of para-hydroxylation sites is 1. The number of aromatic nitrogens is 2.